The van der Waals surface area contributed by atoms with Gasteiger partial charge in [-0.2, -0.15) is 0 Å². The van der Waals surface area contributed by atoms with Gasteiger partial charge in [0.15, 0.2) is 0 Å². The Hall–Kier alpha value is -1.45. The lowest BCUT2D eigenvalue weighted by Crippen LogP contribution is -2.23. The maximum absolute atomic E-state index is 13.6. The molecular formula is C16H18ClFN2. The first-order chi connectivity index (χ1) is 9.61. The van der Waals surface area contributed by atoms with Crippen LogP contribution < -0.4 is 5.32 Å². The van der Waals surface area contributed by atoms with Crippen LogP contribution in [0.4, 0.5) is 4.39 Å². The number of likely N-dealkylation sites (N-methyl/N-ethyl adjacent to an activating group) is 1. The lowest BCUT2D eigenvalue weighted by atomic mass is 9.99. The average Bonchev–Trinajstić information content (AvgIpc) is 2.44. The van der Waals surface area contributed by atoms with E-state index in [0.29, 0.717) is 0 Å². The van der Waals surface area contributed by atoms with Crippen LogP contribution in [0, 0.1) is 12.7 Å². The number of aromatic nitrogens is 1. The highest BCUT2D eigenvalue weighted by Crippen LogP contribution is 2.23. The van der Waals surface area contributed by atoms with Gasteiger partial charge < -0.3 is 5.32 Å². The summed E-state index contributed by atoms with van der Waals surface area (Å²) < 4.78 is 13.6. The van der Waals surface area contributed by atoms with E-state index >= 15 is 0 Å². The minimum Gasteiger partial charge on any atom is -0.310 e. The maximum Gasteiger partial charge on any atom is 0.142 e. The summed E-state index contributed by atoms with van der Waals surface area (Å²) in [5, 5.41) is 3.52. The largest absolute Gasteiger partial charge is 0.310 e. The average molecular weight is 293 g/mol. The highest BCUT2D eigenvalue weighted by atomic mass is 35.5. The van der Waals surface area contributed by atoms with Gasteiger partial charge in [0, 0.05) is 24.4 Å². The molecule has 20 heavy (non-hydrogen) atoms. The van der Waals surface area contributed by atoms with Crippen LogP contribution in [0.2, 0.25) is 5.02 Å². The number of nitrogens with one attached hydrogen (secondary N) is 1. The highest BCUT2D eigenvalue weighted by Gasteiger charge is 2.14. The Labute approximate surface area is 124 Å². The zero-order valence-corrected chi connectivity index (χ0v) is 12.4. The van der Waals surface area contributed by atoms with Crippen molar-refractivity contribution in [3.63, 3.8) is 0 Å². The Balaban J connectivity index is 2.27. The van der Waals surface area contributed by atoms with Crippen LogP contribution in [-0.2, 0) is 6.42 Å². The van der Waals surface area contributed by atoms with Gasteiger partial charge in [-0.25, -0.2) is 4.39 Å². The summed E-state index contributed by atoms with van der Waals surface area (Å²) in [5.74, 6) is -0.384. The molecule has 1 aromatic carbocycles. The molecule has 2 nitrogen and oxygen atoms in total. The molecular weight excluding hydrogens is 275 g/mol. The first kappa shape index (κ1) is 14.9. The number of rotatable bonds is 5. The van der Waals surface area contributed by atoms with Crippen LogP contribution in [0.5, 0.6) is 0 Å². The van der Waals surface area contributed by atoms with E-state index in [2.05, 4.69) is 10.3 Å². The molecule has 1 unspecified atom stereocenters. The van der Waals surface area contributed by atoms with Gasteiger partial charge >= 0.3 is 0 Å². The summed E-state index contributed by atoms with van der Waals surface area (Å²) in [6.07, 6.45) is 2.51. The van der Waals surface area contributed by atoms with Gasteiger partial charge in [0.25, 0.3) is 0 Å². The molecule has 106 valence electrons. The monoisotopic (exact) mass is 292 g/mol. The smallest absolute Gasteiger partial charge is 0.142 e. The van der Waals surface area contributed by atoms with E-state index in [-0.39, 0.29) is 16.9 Å². The van der Waals surface area contributed by atoms with Crippen LogP contribution in [0.3, 0.4) is 0 Å². The van der Waals surface area contributed by atoms with Gasteiger partial charge in [-0.05, 0) is 42.8 Å². The van der Waals surface area contributed by atoms with Gasteiger partial charge in [0.05, 0.1) is 5.02 Å². The van der Waals surface area contributed by atoms with Crippen molar-refractivity contribution in [2.75, 3.05) is 6.54 Å². The van der Waals surface area contributed by atoms with Crippen molar-refractivity contribution in [1.82, 2.24) is 10.3 Å². The minimum atomic E-state index is -0.384. The van der Waals surface area contributed by atoms with Crippen LogP contribution >= 0.6 is 11.6 Å². The standard InChI is InChI=1S/C16H18ClFN2/c1-3-19-16(10-15-11(2)5-4-8-20-15)12-6-7-13(17)14(18)9-12/h4-9,16,19H,3,10H2,1-2H3. The van der Waals surface area contributed by atoms with Crippen LogP contribution in [0.1, 0.15) is 29.8 Å². The number of aryl methyl sites for hydroxylation is 1. The quantitative estimate of drug-likeness (QED) is 0.898. The highest BCUT2D eigenvalue weighted by molar-refractivity contribution is 6.30. The summed E-state index contributed by atoms with van der Waals surface area (Å²) in [4.78, 5) is 4.41. The third-order valence-electron chi connectivity index (χ3n) is 3.31. The van der Waals surface area contributed by atoms with Crippen molar-refractivity contribution in [2.45, 2.75) is 26.3 Å². The Kier molecular flexibility index (Phi) is 5.10. The normalized spacial score (nSPS) is 12.4. The molecule has 0 saturated heterocycles. The minimum absolute atomic E-state index is 0.0281. The molecule has 1 atom stereocenters. The molecule has 0 bridgehead atoms. The Morgan fingerprint density at radius 1 is 1.35 bits per heavy atom. The lowest BCUT2D eigenvalue weighted by Gasteiger charge is -2.19. The zero-order chi connectivity index (χ0) is 14.5. The second-order valence-electron chi connectivity index (χ2n) is 4.75. The maximum atomic E-state index is 13.6. The van der Waals surface area contributed by atoms with Crippen molar-refractivity contribution in [2.24, 2.45) is 0 Å². The first-order valence-corrected chi connectivity index (χ1v) is 7.08. The van der Waals surface area contributed by atoms with Crippen molar-refractivity contribution in [1.29, 1.82) is 0 Å². The lowest BCUT2D eigenvalue weighted by molar-refractivity contribution is 0.536. The molecule has 2 aromatic rings. The van der Waals surface area contributed by atoms with Gasteiger partial charge in [-0.15, -0.1) is 0 Å². The SMILES string of the molecule is CCNC(Cc1ncccc1C)c1ccc(Cl)c(F)c1. The van der Waals surface area contributed by atoms with E-state index in [1.165, 1.54) is 6.07 Å². The number of benzene rings is 1. The molecule has 0 spiro atoms. The Bertz CT molecular complexity index is 586. The van der Waals surface area contributed by atoms with E-state index in [4.69, 9.17) is 11.6 Å². The third-order valence-corrected chi connectivity index (χ3v) is 3.62. The number of nitrogens with zero attached hydrogens (tertiary/aromatic N) is 1. The fourth-order valence-electron chi connectivity index (χ4n) is 2.21. The number of hydrogen-bond acceptors (Lipinski definition) is 2. The van der Waals surface area contributed by atoms with Gasteiger partial charge in [-0.1, -0.05) is 30.7 Å². The van der Waals surface area contributed by atoms with Crippen LogP contribution in [0.15, 0.2) is 36.5 Å². The second-order valence-corrected chi connectivity index (χ2v) is 5.16. The van der Waals surface area contributed by atoms with Crippen LogP contribution in [-0.4, -0.2) is 11.5 Å². The summed E-state index contributed by atoms with van der Waals surface area (Å²) in [5.41, 5.74) is 3.05. The molecule has 1 heterocycles. The zero-order valence-electron chi connectivity index (χ0n) is 11.7. The molecule has 0 fully saturated rings. The predicted molar refractivity (Wildman–Crippen MR) is 80.5 cm³/mol. The van der Waals surface area contributed by atoms with Crippen molar-refractivity contribution in [3.8, 4) is 0 Å². The number of pyridine rings is 1. The third kappa shape index (κ3) is 3.56. The first-order valence-electron chi connectivity index (χ1n) is 6.70. The van der Waals surface area contributed by atoms with Crippen molar-refractivity contribution < 1.29 is 4.39 Å². The molecule has 2 rings (SSSR count). The molecule has 1 aromatic heterocycles. The van der Waals surface area contributed by atoms with Crippen molar-refractivity contribution in [3.05, 3.63) is 64.2 Å². The van der Waals surface area contributed by atoms with E-state index < -0.39 is 0 Å². The van der Waals surface area contributed by atoms with E-state index in [1.54, 1.807) is 12.3 Å². The Morgan fingerprint density at radius 2 is 2.15 bits per heavy atom. The topological polar surface area (TPSA) is 24.9 Å². The number of hydrogen-bond donors (Lipinski definition) is 1. The van der Waals surface area contributed by atoms with Gasteiger partial charge in [0.1, 0.15) is 5.82 Å². The summed E-state index contributed by atoms with van der Waals surface area (Å²) >= 11 is 5.74. The van der Waals surface area contributed by atoms with E-state index in [0.717, 1.165) is 29.8 Å². The summed E-state index contributed by atoms with van der Waals surface area (Å²) in [7, 11) is 0. The summed E-state index contributed by atoms with van der Waals surface area (Å²) in [6, 6.07) is 8.93. The van der Waals surface area contributed by atoms with Crippen LogP contribution in [0.25, 0.3) is 0 Å². The Morgan fingerprint density at radius 3 is 2.80 bits per heavy atom. The molecule has 0 aliphatic carbocycles. The number of halogens is 2. The fraction of sp³-hybridized carbons (Fsp3) is 0.312. The van der Waals surface area contributed by atoms with Crippen molar-refractivity contribution >= 4 is 11.6 Å². The molecule has 0 aliphatic heterocycles. The van der Waals surface area contributed by atoms with Gasteiger partial charge in [0.2, 0.25) is 0 Å². The second kappa shape index (κ2) is 6.82. The van der Waals surface area contributed by atoms with Gasteiger partial charge in [-0.3, -0.25) is 4.98 Å². The molecule has 0 radical (unpaired) electrons. The van der Waals surface area contributed by atoms with E-state index in [1.807, 2.05) is 32.0 Å². The fourth-order valence-corrected chi connectivity index (χ4v) is 2.33. The molecule has 0 saturated carbocycles. The molecule has 0 amide bonds. The molecule has 1 N–H and O–H groups in total. The molecule has 4 heteroatoms. The predicted octanol–water partition coefficient (Wildman–Crippen LogP) is 4.08. The summed E-state index contributed by atoms with van der Waals surface area (Å²) in [6.45, 7) is 4.87. The molecule has 0 aliphatic rings. The van der Waals surface area contributed by atoms with E-state index in [9.17, 15) is 4.39 Å².